The summed E-state index contributed by atoms with van der Waals surface area (Å²) in [7, 11) is 0. The predicted octanol–water partition coefficient (Wildman–Crippen LogP) is 1.47. The van der Waals surface area contributed by atoms with E-state index < -0.39 is 0 Å². The molecule has 0 aliphatic carbocycles. The lowest BCUT2D eigenvalue weighted by atomic mass is 10.0. The molecule has 0 aliphatic heterocycles. The highest BCUT2D eigenvalue weighted by Crippen LogP contribution is 2.20. The van der Waals surface area contributed by atoms with Crippen molar-refractivity contribution >= 4 is 0 Å². The number of hydrogen-bond donors (Lipinski definition) is 1. The van der Waals surface area contributed by atoms with E-state index in [-0.39, 0.29) is 6.61 Å². The smallest absolute Gasteiger partial charge is 0.229 e. The number of nitrogens with zero attached hydrogens (tertiary/aromatic N) is 2. The normalized spacial score (nSPS) is 11.0. The third-order valence-corrected chi connectivity index (χ3v) is 1.96. The van der Waals surface area contributed by atoms with Gasteiger partial charge in [0, 0.05) is 5.92 Å². The van der Waals surface area contributed by atoms with Gasteiger partial charge in [-0.15, -0.1) is 0 Å². The first-order chi connectivity index (χ1) is 5.81. The number of aliphatic hydroxyl groups is 1. The molecule has 4 nitrogen and oxygen atoms in total. The summed E-state index contributed by atoms with van der Waals surface area (Å²) < 4.78 is 4.98. The Balaban J connectivity index is 2.72. The van der Waals surface area contributed by atoms with E-state index in [1.54, 1.807) is 0 Å². The highest BCUT2D eigenvalue weighted by atomic mass is 16.5. The van der Waals surface area contributed by atoms with Crippen LogP contribution in [0.3, 0.4) is 0 Å². The summed E-state index contributed by atoms with van der Waals surface area (Å²) >= 11 is 0. The molecule has 4 heteroatoms. The van der Waals surface area contributed by atoms with Crippen LogP contribution in [0.2, 0.25) is 0 Å². The summed E-state index contributed by atoms with van der Waals surface area (Å²) in [6, 6.07) is 0. The van der Waals surface area contributed by atoms with Crippen molar-refractivity contribution in [2.24, 2.45) is 0 Å². The van der Waals surface area contributed by atoms with Crippen molar-refractivity contribution in [3.8, 4) is 0 Å². The summed E-state index contributed by atoms with van der Waals surface area (Å²) in [6.45, 7) is 4.01. The molecule has 12 heavy (non-hydrogen) atoms. The van der Waals surface area contributed by atoms with Gasteiger partial charge in [-0.05, 0) is 12.8 Å². The van der Waals surface area contributed by atoms with Gasteiger partial charge in [0.1, 0.15) is 6.61 Å². The van der Waals surface area contributed by atoms with Crippen molar-refractivity contribution in [1.82, 2.24) is 10.1 Å². The molecule has 0 saturated heterocycles. The lowest BCUT2D eigenvalue weighted by Crippen LogP contribution is -1.96. The number of rotatable bonds is 4. The molecule has 1 rings (SSSR count). The van der Waals surface area contributed by atoms with E-state index in [2.05, 4.69) is 24.0 Å². The minimum Gasteiger partial charge on any atom is -0.388 e. The van der Waals surface area contributed by atoms with Gasteiger partial charge in [0.05, 0.1) is 0 Å². The van der Waals surface area contributed by atoms with Gasteiger partial charge in [0.25, 0.3) is 0 Å². The fourth-order valence-electron chi connectivity index (χ4n) is 1.14. The highest BCUT2D eigenvalue weighted by molar-refractivity contribution is 4.91. The Kier molecular flexibility index (Phi) is 3.22. The van der Waals surface area contributed by atoms with Gasteiger partial charge in [-0.3, -0.25) is 0 Å². The lowest BCUT2D eigenvalue weighted by Gasteiger charge is -2.03. The van der Waals surface area contributed by atoms with Crippen LogP contribution in [-0.2, 0) is 6.61 Å². The van der Waals surface area contributed by atoms with Crippen molar-refractivity contribution in [1.29, 1.82) is 0 Å². The van der Waals surface area contributed by atoms with Gasteiger partial charge >= 0.3 is 0 Å². The first-order valence-corrected chi connectivity index (χ1v) is 4.25. The lowest BCUT2D eigenvalue weighted by molar-refractivity contribution is 0.261. The van der Waals surface area contributed by atoms with Crippen molar-refractivity contribution in [2.75, 3.05) is 0 Å². The van der Waals surface area contributed by atoms with E-state index in [9.17, 15) is 0 Å². The van der Waals surface area contributed by atoms with Gasteiger partial charge in [0.2, 0.25) is 5.89 Å². The van der Waals surface area contributed by atoms with E-state index in [4.69, 9.17) is 9.63 Å². The van der Waals surface area contributed by atoms with Crippen molar-refractivity contribution < 1.29 is 9.63 Å². The summed E-state index contributed by atoms with van der Waals surface area (Å²) in [6.07, 6.45) is 1.98. The van der Waals surface area contributed by atoms with Gasteiger partial charge in [-0.2, -0.15) is 4.98 Å². The molecule has 0 aliphatic rings. The first kappa shape index (κ1) is 9.19. The fraction of sp³-hybridized carbons (Fsp3) is 0.750. The second kappa shape index (κ2) is 4.21. The molecule has 0 spiro atoms. The number of aliphatic hydroxyl groups excluding tert-OH is 1. The van der Waals surface area contributed by atoms with E-state index >= 15 is 0 Å². The van der Waals surface area contributed by atoms with Crippen LogP contribution < -0.4 is 0 Å². The molecule has 1 heterocycles. The van der Waals surface area contributed by atoms with E-state index in [0.29, 0.717) is 17.6 Å². The third kappa shape index (κ3) is 1.82. The molecule has 0 saturated carbocycles. The summed E-state index contributed by atoms with van der Waals surface area (Å²) in [5.41, 5.74) is 0. The number of aromatic nitrogens is 2. The van der Waals surface area contributed by atoms with Crippen molar-refractivity contribution in [3.63, 3.8) is 0 Å². The maximum Gasteiger partial charge on any atom is 0.229 e. The Hall–Kier alpha value is -0.900. The molecule has 1 aromatic heterocycles. The quantitative estimate of drug-likeness (QED) is 0.743. The molecule has 0 fully saturated rings. The minimum absolute atomic E-state index is 0.149. The van der Waals surface area contributed by atoms with Gasteiger partial charge in [0.15, 0.2) is 5.82 Å². The monoisotopic (exact) mass is 170 g/mol. The zero-order valence-corrected chi connectivity index (χ0v) is 7.45. The van der Waals surface area contributed by atoms with Crippen LogP contribution in [0.1, 0.15) is 44.3 Å². The molecule has 0 atom stereocenters. The fourth-order valence-corrected chi connectivity index (χ4v) is 1.14. The Morgan fingerprint density at radius 2 is 2.08 bits per heavy atom. The Bertz CT molecular complexity index is 231. The Labute approximate surface area is 71.6 Å². The van der Waals surface area contributed by atoms with Gasteiger partial charge in [-0.25, -0.2) is 0 Å². The Morgan fingerprint density at radius 1 is 1.42 bits per heavy atom. The molecule has 0 bridgehead atoms. The van der Waals surface area contributed by atoms with Crippen LogP contribution in [-0.4, -0.2) is 15.2 Å². The van der Waals surface area contributed by atoms with Crippen LogP contribution in [0.4, 0.5) is 0 Å². The predicted molar refractivity (Wildman–Crippen MR) is 43.5 cm³/mol. The summed E-state index contributed by atoms with van der Waals surface area (Å²) in [4.78, 5) is 4.04. The van der Waals surface area contributed by atoms with Crippen molar-refractivity contribution in [2.45, 2.75) is 39.2 Å². The third-order valence-electron chi connectivity index (χ3n) is 1.96. The molecule has 0 amide bonds. The molecular formula is C8H14N2O2. The molecule has 1 aromatic rings. The van der Waals surface area contributed by atoms with E-state index in [1.807, 2.05) is 0 Å². The maximum atomic E-state index is 8.69. The molecule has 68 valence electrons. The van der Waals surface area contributed by atoms with Crippen LogP contribution >= 0.6 is 0 Å². The molecular weight excluding hydrogens is 156 g/mol. The largest absolute Gasteiger partial charge is 0.388 e. The highest BCUT2D eigenvalue weighted by Gasteiger charge is 2.14. The molecule has 0 unspecified atom stereocenters. The second-order valence-corrected chi connectivity index (χ2v) is 2.72. The topological polar surface area (TPSA) is 59.2 Å². The Morgan fingerprint density at radius 3 is 2.50 bits per heavy atom. The molecule has 0 radical (unpaired) electrons. The van der Waals surface area contributed by atoms with Crippen LogP contribution in [0.5, 0.6) is 0 Å². The molecule has 0 aromatic carbocycles. The average Bonchev–Trinajstić information content (AvgIpc) is 2.55. The van der Waals surface area contributed by atoms with Gasteiger partial charge in [-0.1, -0.05) is 19.0 Å². The van der Waals surface area contributed by atoms with E-state index in [1.165, 1.54) is 0 Å². The van der Waals surface area contributed by atoms with Crippen LogP contribution in [0, 0.1) is 0 Å². The van der Waals surface area contributed by atoms with E-state index in [0.717, 1.165) is 12.8 Å². The average molecular weight is 170 g/mol. The van der Waals surface area contributed by atoms with Crippen molar-refractivity contribution in [3.05, 3.63) is 11.7 Å². The van der Waals surface area contributed by atoms with Gasteiger partial charge < -0.3 is 9.63 Å². The zero-order chi connectivity index (χ0) is 8.97. The minimum atomic E-state index is -0.149. The SMILES string of the molecule is CCC(CC)c1nc(CO)no1. The van der Waals surface area contributed by atoms with Crippen LogP contribution in [0.25, 0.3) is 0 Å². The second-order valence-electron chi connectivity index (χ2n) is 2.72. The molecule has 1 N–H and O–H groups in total. The summed E-state index contributed by atoms with van der Waals surface area (Å²) in [5, 5.41) is 12.3. The van der Waals surface area contributed by atoms with Crippen LogP contribution in [0.15, 0.2) is 4.52 Å². The standard InChI is InChI=1S/C8H14N2O2/c1-3-6(4-2)8-9-7(5-11)10-12-8/h6,11H,3-5H2,1-2H3. The maximum absolute atomic E-state index is 8.69. The summed E-state index contributed by atoms with van der Waals surface area (Å²) in [5.74, 6) is 1.35. The first-order valence-electron chi connectivity index (χ1n) is 4.25. The zero-order valence-electron chi connectivity index (χ0n) is 7.45. The number of hydrogen-bond acceptors (Lipinski definition) is 4.